The van der Waals surface area contributed by atoms with Crippen LogP contribution in [0.25, 0.3) is 0 Å². The molecule has 1 saturated carbocycles. The molecule has 1 heterocycles. The highest BCUT2D eigenvalue weighted by Gasteiger charge is 2.50. The zero-order valence-electron chi connectivity index (χ0n) is 15.6. The first kappa shape index (κ1) is 19.3. The van der Waals surface area contributed by atoms with Crippen LogP contribution in [0, 0.1) is 11.8 Å². The van der Waals surface area contributed by atoms with Crippen molar-refractivity contribution in [2.75, 3.05) is 0 Å². The summed E-state index contributed by atoms with van der Waals surface area (Å²) >= 11 is 0. The Kier molecular flexibility index (Phi) is 6.43. The number of ketones is 1. The van der Waals surface area contributed by atoms with Crippen LogP contribution in [0.3, 0.4) is 0 Å². The largest absolute Gasteiger partial charge is 0.462 e. The minimum Gasteiger partial charge on any atom is -0.462 e. The second-order valence-electron chi connectivity index (χ2n) is 7.30. The lowest BCUT2D eigenvalue weighted by atomic mass is 9.91. The van der Waals surface area contributed by atoms with Crippen LogP contribution in [0.4, 0.5) is 0 Å². The maximum atomic E-state index is 12.4. The van der Waals surface area contributed by atoms with Gasteiger partial charge in [0.05, 0.1) is 12.0 Å². The first-order valence-corrected chi connectivity index (χ1v) is 9.75. The van der Waals surface area contributed by atoms with Gasteiger partial charge in [-0.15, -0.1) is 0 Å². The van der Waals surface area contributed by atoms with E-state index in [1.807, 2.05) is 12.1 Å². The molecular weight excluding hydrogens is 344 g/mol. The SMILES string of the molecule is CCCCCC(=O)/C=C/[C@H]1[C@H](OC(=O)c2ccccc2)CC2OC(=O)C[C@@H]21. The number of esters is 2. The van der Waals surface area contributed by atoms with Crippen molar-refractivity contribution in [3.8, 4) is 0 Å². The fourth-order valence-corrected chi connectivity index (χ4v) is 3.92. The summed E-state index contributed by atoms with van der Waals surface area (Å²) in [6, 6.07) is 8.83. The number of ether oxygens (including phenoxy) is 2. The van der Waals surface area contributed by atoms with E-state index in [1.165, 1.54) is 0 Å². The molecule has 0 bridgehead atoms. The van der Waals surface area contributed by atoms with E-state index < -0.39 is 0 Å². The number of hydrogen-bond acceptors (Lipinski definition) is 5. The zero-order chi connectivity index (χ0) is 19.2. The summed E-state index contributed by atoms with van der Waals surface area (Å²) in [5.41, 5.74) is 0.491. The number of unbranched alkanes of at least 4 members (excludes halogenated alkanes) is 2. The standard InChI is InChI=1S/C22H26O5/c1-2-3-5-10-16(23)11-12-17-18-13-21(24)26-20(18)14-19(17)27-22(25)15-8-6-4-7-9-15/h4,6-9,11-12,17-20H,2-3,5,10,13-14H2,1H3/b12-11+/t17-,18-,19-,20?/m1/s1. The molecule has 2 aliphatic rings. The number of benzene rings is 1. The molecule has 5 heteroatoms. The van der Waals surface area contributed by atoms with Crippen molar-refractivity contribution in [3.05, 3.63) is 48.0 Å². The molecule has 4 atom stereocenters. The maximum absolute atomic E-state index is 12.4. The average molecular weight is 370 g/mol. The highest BCUT2D eigenvalue weighted by atomic mass is 16.6. The molecule has 144 valence electrons. The predicted octanol–water partition coefficient (Wildman–Crippen LogP) is 3.87. The Morgan fingerprint density at radius 3 is 2.74 bits per heavy atom. The molecule has 0 aromatic heterocycles. The van der Waals surface area contributed by atoms with Gasteiger partial charge in [0.1, 0.15) is 12.2 Å². The lowest BCUT2D eigenvalue weighted by Crippen LogP contribution is -2.24. The van der Waals surface area contributed by atoms with Crippen LogP contribution in [-0.2, 0) is 19.1 Å². The fraction of sp³-hybridized carbons (Fsp3) is 0.500. The fourth-order valence-electron chi connectivity index (χ4n) is 3.92. The molecule has 1 saturated heterocycles. The molecule has 0 radical (unpaired) electrons. The van der Waals surface area contributed by atoms with E-state index in [9.17, 15) is 14.4 Å². The number of allylic oxidation sites excluding steroid dienone is 1. The summed E-state index contributed by atoms with van der Waals surface area (Å²) < 4.78 is 11.1. The molecule has 0 spiro atoms. The molecular formula is C22H26O5. The number of carbonyl (C=O) groups is 3. The molecule has 1 aromatic carbocycles. The van der Waals surface area contributed by atoms with E-state index in [2.05, 4.69) is 6.92 Å². The summed E-state index contributed by atoms with van der Waals surface area (Å²) in [6.45, 7) is 2.10. The van der Waals surface area contributed by atoms with Gasteiger partial charge in [-0.05, 0) is 24.6 Å². The van der Waals surface area contributed by atoms with Crippen molar-refractivity contribution in [2.24, 2.45) is 11.8 Å². The molecule has 0 N–H and O–H groups in total. The quantitative estimate of drug-likeness (QED) is 0.395. The third kappa shape index (κ3) is 4.85. The van der Waals surface area contributed by atoms with Crippen LogP contribution in [0.1, 0.15) is 55.8 Å². The topological polar surface area (TPSA) is 69.7 Å². The maximum Gasteiger partial charge on any atom is 0.338 e. The predicted molar refractivity (Wildman–Crippen MR) is 100 cm³/mol. The Labute approximate surface area is 159 Å². The Morgan fingerprint density at radius 1 is 1.22 bits per heavy atom. The summed E-state index contributed by atoms with van der Waals surface area (Å²) in [5.74, 6) is -0.745. The van der Waals surface area contributed by atoms with Crippen LogP contribution in [-0.4, -0.2) is 29.9 Å². The molecule has 1 aliphatic heterocycles. The number of carbonyl (C=O) groups excluding carboxylic acids is 3. The van der Waals surface area contributed by atoms with Crippen LogP contribution in [0.5, 0.6) is 0 Å². The van der Waals surface area contributed by atoms with E-state index in [-0.39, 0.29) is 41.8 Å². The first-order valence-electron chi connectivity index (χ1n) is 9.75. The van der Waals surface area contributed by atoms with Crippen molar-refractivity contribution in [1.82, 2.24) is 0 Å². The van der Waals surface area contributed by atoms with Gasteiger partial charge in [0, 0.05) is 24.7 Å². The van der Waals surface area contributed by atoms with Crippen molar-refractivity contribution in [3.63, 3.8) is 0 Å². The third-order valence-corrected chi connectivity index (χ3v) is 5.35. The second kappa shape index (κ2) is 8.98. The normalized spacial score (nSPS) is 26.8. The summed E-state index contributed by atoms with van der Waals surface area (Å²) in [4.78, 5) is 36.2. The van der Waals surface area contributed by atoms with Gasteiger partial charge >= 0.3 is 11.9 Å². The monoisotopic (exact) mass is 370 g/mol. The van der Waals surface area contributed by atoms with Gasteiger partial charge in [-0.2, -0.15) is 0 Å². The van der Waals surface area contributed by atoms with Crippen molar-refractivity contribution >= 4 is 17.7 Å². The lowest BCUT2D eigenvalue weighted by molar-refractivity contribution is -0.141. The molecule has 2 fully saturated rings. The third-order valence-electron chi connectivity index (χ3n) is 5.35. The highest BCUT2D eigenvalue weighted by Crippen LogP contribution is 2.43. The van der Waals surface area contributed by atoms with Gasteiger partial charge in [-0.3, -0.25) is 9.59 Å². The van der Waals surface area contributed by atoms with Crippen LogP contribution >= 0.6 is 0 Å². The van der Waals surface area contributed by atoms with E-state index in [4.69, 9.17) is 9.47 Å². The number of fused-ring (bicyclic) bond motifs is 1. The minimum absolute atomic E-state index is 0.0363. The summed E-state index contributed by atoms with van der Waals surface area (Å²) in [7, 11) is 0. The average Bonchev–Trinajstić information content (AvgIpc) is 3.16. The molecule has 3 rings (SSSR count). The van der Waals surface area contributed by atoms with Gasteiger partial charge in [0.2, 0.25) is 0 Å². The summed E-state index contributed by atoms with van der Waals surface area (Å²) in [5, 5.41) is 0. The molecule has 1 aliphatic carbocycles. The molecule has 27 heavy (non-hydrogen) atoms. The van der Waals surface area contributed by atoms with Crippen molar-refractivity contribution in [2.45, 2.75) is 57.7 Å². The molecule has 5 nitrogen and oxygen atoms in total. The highest BCUT2D eigenvalue weighted by molar-refractivity contribution is 5.90. The Balaban J connectivity index is 1.67. The summed E-state index contributed by atoms with van der Waals surface area (Å²) in [6.07, 6.45) is 7.08. The molecule has 0 amide bonds. The van der Waals surface area contributed by atoms with Gasteiger partial charge in [0.25, 0.3) is 0 Å². The number of hydrogen-bond donors (Lipinski definition) is 0. The van der Waals surface area contributed by atoms with E-state index in [0.29, 0.717) is 24.8 Å². The van der Waals surface area contributed by atoms with E-state index >= 15 is 0 Å². The molecule has 1 unspecified atom stereocenters. The van der Waals surface area contributed by atoms with Crippen molar-refractivity contribution in [1.29, 1.82) is 0 Å². The van der Waals surface area contributed by atoms with Crippen LogP contribution < -0.4 is 0 Å². The van der Waals surface area contributed by atoms with Crippen LogP contribution in [0.15, 0.2) is 42.5 Å². The van der Waals surface area contributed by atoms with Gasteiger partial charge in [0.15, 0.2) is 5.78 Å². The van der Waals surface area contributed by atoms with Gasteiger partial charge < -0.3 is 9.47 Å². The van der Waals surface area contributed by atoms with Gasteiger partial charge in [-0.1, -0.05) is 44.0 Å². The first-order chi connectivity index (χ1) is 13.1. The number of rotatable bonds is 8. The zero-order valence-corrected chi connectivity index (χ0v) is 15.6. The van der Waals surface area contributed by atoms with E-state index in [1.54, 1.807) is 30.3 Å². The lowest BCUT2D eigenvalue weighted by Gasteiger charge is -2.20. The Bertz CT molecular complexity index is 709. The molecule has 1 aromatic rings. The van der Waals surface area contributed by atoms with E-state index in [0.717, 1.165) is 19.3 Å². The van der Waals surface area contributed by atoms with Crippen LogP contribution in [0.2, 0.25) is 0 Å². The smallest absolute Gasteiger partial charge is 0.338 e. The van der Waals surface area contributed by atoms with Crippen molar-refractivity contribution < 1.29 is 23.9 Å². The van der Waals surface area contributed by atoms with Gasteiger partial charge in [-0.25, -0.2) is 4.79 Å². The minimum atomic E-state index is -0.389. The second-order valence-corrected chi connectivity index (χ2v) is 7.30. The Hall–Kier alpha value is -2.43. The Morgan fingerprint density at radius 2 is 2.00 bits per heavy atom.